The van der Waals surface area contributed by atoms with E-state index >= 15 is 0 Å². The summed E-state index contributed by atoms with van der Waals surface area (Å²) in [5.41, 5.74) is 5.94. The normalized spacial score (nSPS) is 11.5. The minimum atomic E-state index is -0.0431. The van der Waals surface area contributed by atoms with Crippen molar-refractivity contribution in [2.24, 2.45) is 10.9 Å². The predicted octanol–water partition coefficient (Wildman–Crippen LogP) is 0.218. The summed E-state index contributed by atoms with van der Waals surface area (Å²) in [6, 6.07) is 3.33. The minimum absolute atomic E-state index is 0.0431. The molecule has 0 aliphatic carbocycles. The van der Waals surface area contributed by atoms with Crippen molar-refractivity contribution in [1.29, 1.82) is 0 Å². The molecule has 18 heavy (non-hydrogen) atoms. The lowest BCUT2D eigenvalue weighted by Crippen LogP contribution is -2.17. The number of oxime groups is 1. The summed E-state index contributed by atoms with van der Waals surface area (Å²) in [5.74, 6) is 0.265. The number of hydrogen-bond donors (Lipinski definition) is 2. The summed E-state index contributed by atoms with van der Waals surface area (Å²) < 4.78 is 15.5. The van der Waals surface area contributed by atoms with Crippen LogP contribution in [-0.4, -0.2) is 49.6 Å². The molecular formula is C11H17N3O4. The van der Waals surface area contributed by atoms with Crippen molar-refractivity contribution < 1.29 is 19.4 Å². The van der Waals surface area contributed by atoms with Crippen LogP contribution < -0.4 is 10.5 Å². The van der Waals surface area contributed by atoms with Gasteiger partial charge in [0.05, 0.1) is 25.4 Å². The number of amidine groups is 1. The van der Waals surface area contributed by atoms with Crippen LogP contribution in [0, 0.1) is 0 Å². The molecule has 1 aromatic heterocycles. The van der Waals surface area contributed by atoms with Gasteiger partial charge >= 0.3 is 0 Å². The van der Waals surface area contributed by atoms with Crippen LogP contribution in [0.3, 0.4) is 0 Å². The molecule has 0 fully saturated rings. The number of methoxy groups -OCH3 is 1. The van der Waals surface area contributed by atoms with Crippen molar-refractivity contribution in [1.82, 2.24) is 4.98 Å². The molecule has 100 valence electrons. The molecular weight excluding hydrogens is 238 g/mol. The molecule has 0 unspecified atom stereocenters. The Morgan fingerprint density at radius 2 is 2.17 bits per heavy atom. The topological polar surface area (TPSA) is 99.2 Å². The fourth-order valence-corrected chi connectivity index (χ4v) is 1.20. The molecule has 0 aromatic carbocycles. The highest BCUT2D eigenvalue weighted by Gasteiger charge is 2.08. The Morgan fingerprint density at radius 1 is 1.39 bits per heavy atom. The van der Waals surface area contributed by atoms with Gasteiger partial charge in [0.2, 0.25) is 5.88 Å². The molecule has 0 atom stereocenters. The van der Waals surface area contributed by atoms with Crippen LogP contribution in [0.5, 0.6) is 5.88 Å². The number of nitrogens with two attached hydrogens (primary N) is 1. The standard InChI is InChI=1S/C11H17N3O4/c1-16-5-6-17-7-8-18-11-9(10(12)14-15)3-2-4-13-11/h2-4,15H,5-8H2,1H3,(H2,12,14). The molecule has 7 nitrogen and oxygen atoms in total. The Kier molecular flexibility index (Phi) is 6.52. The van der Waals surface area contributed by atoms with Crippen LogP contribution >= 0.6 is 0 Å². The van der Waals surface area contributed by atoms with Gasteiger partial charge in [0.25, 0.3) is 0 Å². The first-order chi connectivity index (χ1) is 8.79. The molecule has 0 bridgehead atoms. The van der Waals surface area contributed by atoms with Crippen LogP contribution in [0.15, 0.2) is 23.5 Å². The summed E-state index contributed by atoms with van der Waals surface area (Å²) >= 11 is 0. The lowest BCUT2D eigenvalue weighted by atomic mass is 10.2. The minimum Gasteiger partial charge on any atom is -0.475 e. The molecule has 0 aliphatic heterocycles. The van der Waals surface area contributed by atoms with Crippen LogP contribution in [0.1, 0.15) is 5.56 Å². The third-order valence-corrected chi connectivity index (χ3v) is 2.05. The Bertz CT molecular complexity index is 384. The third-order valence-electron chi connectivity index (χ3n) is 2.05. The van der Waals surface area contributed by atoms with E-state index < -0.39 is 0 Å². The van der Waals surface area contributed by atoms with Crippen LogP contribution in [0.25, 0.3) is 0 Å². The molecule has 1 heterocycles. The van der Waals surface area contributed by atoms with Gasteiger partial charge in [-0.15, -0.1) is 0 Å². The zero-order chi connectivity index (χ0) is 13.2. The van der Waals surface area contributed by atoms with E-state index in [0.29, 0.717) is 37.9 Å². The largest absolute Gasteiger partial charge is 0.475 e. The average molecular weight is 255 g/mol. The molecule has 0 spiro atoms. The first-order valence-electron chi connectivity index (χ1n) is 5.42. The lowest BCUT2D eigenvalue weighted by molar-refractivity contribution is 0.0536. The number of hydrogen-bond acceptors (Lipinski definition) is 6. The van der Waals surface area contributed by atoms with Gasteiger partial charge in [0, 0.05) is 13.3 Å². The Morgan fingerprint density at radius 3 is 2.89 bits per heavy atom. The first-order valence-corrected chi connectivity index (χ1v) is 5.42. The molecule has 1 aromatic rings. The van der Waals surface area contributed by atoms with E-state index in [1.54, 1.807) is 25.4 Å². The van der Waals surface area contributed by atoms with E-state index in [9.17, 15) is 0 Å². The van der Waals surface area contributed by atoms with E-state index in [2.05, 4.69) is 10.1 Å². The smallest absolute Gasteiger partial charge is 0.224 e. The van der Waals surface area contributed by atoms with Gasteiger partial charge in [0.1, 0.15) is 6.61 Å². The number of rotatable bonds is 8. The maximum absolute atomic E-state index is 8.62. The van der Waals surface area contributed by atoms with Crippen molar-refractivity contribution in [3.8, 4) is 5.88 Å². The summed E-state index contributed by atoms with van der Waals surface area (Å²) in [4.78, 5) is 4.01. The van der Waals surface area contributed by atoms with E-state index in [4.69, 9.17) is 25.2 Å². The summed E-state index contributed by atoms with van der Waals surface area (Å²) in [6.07, 6.45) is 1.56. The van der Waals surface area contributed by atoms with Gasteiger partial charge in [0.15, 0.2) is 5.84 Å². The van der Waals surface area contributed by atoms with Gasteiger partial charge in [-0.25, -0.2) is 4.98 Å². The predicted molar refractivity (Wildman–Crippen MR) is 64.9 cm³/mol. The fraction of sp³-hybridized carbons (Fsp3) is 0.455. The Balaban J connectivity index is 2.42. The van der Waals surface area contributed by atoms with Crippen molar-refractivity contribution >= 4 is 5.84 Å². The van der Waals surface area contributed by atoms with E-state index in [1.165, 1.54) is 0 Å². The third kappa shape index (κ3) is 4.56. The van der Waals surface area contributed by atoms with Crippen molar-refractivity contribution in [2.45, 2.75) is 0 Å². The zero-order valence-electron chi connectivity index (χ0n) is 10.2. The zero-order valence-corrected chi connectivity index (χ0v) is 10.2. The van der Waals surface area contributed by atoms with E-state index in [-0.39, 0.29) is 5.84 Å². The van der Waals surface area contributed by atoms with Gasteiger partial charge < -0.3 is 25.2 Å². The summed E-state index contributed by atoms with van der Waals surface area (Å²) in [7, 11) is 1.61. The van der Waals surface area contributed by atoms with E-state index in [1.807, 2.05) is 0 Å². The lowest BCUT2D eigenvalue weighted by Gasteiger charge is -2.09. The molecule has 1 rings (SSSR count). The molecule has 0 amide bonds. The molecule has 7 heteroatoms. The van der Waals surface area contributed by atoms with Gasteiger partial charge in [-0.3, -0.25) is 0 Å². The maximum atomic E-state index is 8.62. The van der Waals surface area contributed by atoms with Gasteiger partial charge in [-0.05, 0) is 12.1 Å². The SMILES string of the molecule is COCCOCCOc1ncccc1/C(N)=N/O. The highest BCUT2D eigenvalue weighted by atomic mass is 16.5. The quantitative estimate of drug-likeness (QED) is 0.226. The van der Waals surface area contributed by atoms with Crippen molar-refractivity contribution in [3.05, 3.63) is 23.9 Å². The average Bonchev–Trinajstić information content (AvgIpc) is 2.42. The highest BCUT2D eigenvalue weighted by Crippen LogP contribution is 2.13. The second-order valence-electron chi connectivity index (χ2n) is 3.29. The monoisotopic (exact) mass is 255 g/mol. The summed E-state index contributed by atoms with van der Waals surface area (Å²) in [5, 5.41) is 11.5. The van der Waals surface area contributed by atoms with Crippen LogP contribution in [0.4, 0.5) is 0 Å². The first kappa shape index (κ1) is 14.2. The number of nitrogens with zero attached hydrogens (tertiary/aromatic N) is 2. The Hall–Kier alpha value is -1.86. The molecule has 0 saturated carbocycles. The molecule has 3 N–H and O–H groups in total. The molecule has 0 saturated heterocycles. The number of ether oxygens (including phenoxy) is 3. The van der Waals surface area contributed by atoms with Crippen molar-refractivity contribution in [2.75, 3.05) is 33.5 Å². The van der Waals surface area contributed by atoms with Gasteiger partial charge in [-0.1, -0.05) is 5.16 Å². The Labute approximate surface area is 105 Å². The van der Waals surface area contributed by atoms with E-state index in [0.717, 1.165) is 0 Å². The van der Waals surface area contributed by atoms with Crippen molar-refractivity contribution in [3.63, 3.8) is 0 Å². The fourth-order valence-electron chi connectivity index (χ4n) is 1.20. The molecule has 0 aliphatic rings. The number of aromatic nitrogens is 1. The maximum Gasteiger partial charge on any atom is 0.224 e. The highest BCUT2D eigenvalue weighted by molar-refractivity contribution is 5.98. The second-order valence-corrected chi connectivity index (χ2v) is 3.29. The number of pyridine rings is 1. The van der Waals surface area contributed by atoms with Crippen LogP contribution in [0.2, 0.25) is 0 Å². The summed E-state index contributed by atoms with van der Waals surface area (Å²) in [6.45, 7) is 1.79. The van der Waals surface area contributed by atoms with Crippen LogP contribution in [-0.2, 0) is 9.47 Å². The second kappa shape index (κ2) is 8.26. The van der Waals surface area contributed by atoms with Gasteiger partial charge in [-0.2, -0.15) is 0 Å². The molecule has 0 radical (unpaired) electrons.